The van der Waals surface area contributed by atoms with Gasteiger partial charge in [-0.25, -0.2) is 0 Å². The van der Waals surface area contributed by atoms with Gasteiger partial charge in [0.2, 0.25) is 5.91 Å². The van der Waals surface area contributed by atoms with Gasteiger partial charge in [0.05, 0.1) is 17.7 Å². The quantitative estimate of drug-likeness (QED) is 0.781. The highest BCUT2D eigenvalue weighted by Crippen LogP contribution is 2.35. The van der Waals surface area contributed by atoms with E-state index in [4.69, 9.17) is 14.7 Å². The standard InChI is InChI=1S/C15H18N2O3S/c1-11(15(18)17(2)7-3-6-16)21-12-4-5-13-14(10-12)20-9-8-19-13/h4-5,10-11H,3,7-9H2,1-2H3/t11-/m0/s1. The predicted octanol–water partition coefficient (Wildman–Crippen LogP) is 2.31. The summed E-state index contributed by atoms with van der Waals surface area (Å²) in [5, 5.41) is 8.35. The maximum Gasteiger partial charge on any atom is 0.235 e. The lowest BCUT2D eigenvalue weighted by Crippen LogP contribution is -2.33. The maximum absolute atomic E-state index is 12.2. The van der Waals surface area contributed by atoms with Crippen LogP contribution in [0.5, 0.6) is 11.5 Å². The lowest BCUT2D eigenvalue weighted by atomic mass is 10.3. The van der Waals surface area contributed by atoms with E-state index in [9.17, 15) is 4.79 Å². The van der Waals surface area contributed by atoms with Crippen molar-refractivity contribution < 1.29 is 14.3 Å². The van der Waals surface area contributed by atoms with Gasteiger partial charge in [0.15, 0.2) is 11.5 Å². The molecule has 0 bridgehead atoms. The third kappa shape index (κ3) is 4.05. The Morgan fingerprint density at radius 3 is 2.86 bits per heavy atom. The Kier molecular flexibility index (Phi) is 5.34. The van der Waals surface area contributed by atoms with Crippen LogP contribution < -0.4 is 9.47 Å². The zero-order chi connectivity index (χ0) is 15.2. The first-order valence-corrected chi connectivity index (χ1v) is 7.68. The van der Waals surface area contributed by atoms with Gasteiger partial charge in [-0.2, -0.15) is 5.26 Å². The highest BCUT2D eigenvalue weighted by Gasteiger charge is 2.20. The summed E-state index contributed by atoms with van der Waals surface area (Å²) < 4.78 is 11.0. The Balaban J connectivity index is 1.97. The fourth-order valence-corrected chi connectivity index (χ4v) is 3.00. The fourth-order valence-electron chi connectivity index (χ4n) is 1.99. The number of ether oxygens (including phenoxy) is 2. The van der Waals surface area contributed by atoms with Gasteiger partial charge in [-0.1, -0.05) is 0 Å². The molecule has 0 fully saturated rings. The summed E-state index contributed by atoms with van der Waals surface area (Å²) >= 11 is 1.48. The van der Waals surface area contributed by atoms with Crippen molar-refractivity contribution in [2.75, 3.05) is 26.8 Å². The molecule has 1 heterocycles. The number of thioether (sulfide) groups is 1. The van der Waals surface area contributed by atoms with Gasteiger partial charge >= 0.3 is 0 Å². The van der Waals surface area contributed by atoms with Crippen LogP contribution in [0, 0.1) is 11.3 Å². The van der Waals surface area contributed by atoms with Crippen molar-refractivity contribution in [2.45, 2.75) is 23.5 Å². The molecule has 2 rings (SSSR count). The molecular weight excluding hydrogens is 288 g/mol. The molecule has 21 heavy (non-hydrogen) atoms. The maximum atomic E-state index is 12.2. The zero-order valence-electron chi connectivity index (χ0n) is 12.2. The monoisotopic (exact) mass is 306 g/mol. The molecule has 1 amide bonds. The third-order valence-electron chi connectivity index (χ3n) is 3.11. The second kappa shape index (κ2) is 7.23. The van der Waals surface area contributed by atoms with Crippen molar-refractivity contribution in [2.24, 2.45) is 0 Å². The van der Waals surface area contributed by atoms with Crippen molar-refractivity contribution >= 4 is 17.7 Å². The topological polar surface area (TPSA) is 62.6 Å². The summed E-state index contributed by atoms with van der Waals surface area (Å²) in [7, 11) is 1.72. The van der Waals surface area contributed by atoms with Crippen molar-refractivity contribution in [3.05, 3.63) is 18.2 Å². The van der Waals surface area contributed by atoms with Gasteiger partial charge in [0, 0.05) is 18.5 Å². The van der Waals surface area contributed by atoms with E-state index in [2.05, 4.69) is 0 Å². The van der Waals surface area contributed by atoms with E-state index in [0.717, 1.165) is 16.4 Å². The van der Waals surface area contributed by atoms with Gasteiger partial charge in [-0.3, -0.25) is 4.79 Å². The van der Waals surface area contributed by atoms with Gasteiger partial charge in [-0.15, -0.1) is 11.8 Å². The number of carbonyl (C=O) groups excluding carboxylic acids is 1. The van der Waals surface area contributed by atoms with Gasteiger partial charge in [-0.05, 0) is 25.1 Å². The van der Waals surface area contributed by atoms with Crippen molar-refractivity contribution in [1.29, 1.82) is 5.26 Å². The summed E-state index contributed by atoms with van der Waals surface area (Å²) in [6.45, 7) is 3.44. The second-order valence-corrected chi connectivity index (χ2v) is 6.15. The zero-order valence-corrected chi connectivity index (χ0v) is 13.0. The van der Waals surface area contributed by atoms with Gasteiger partial charge < -0.3 is 14.4 Å². The average Bonchev–Trinajstić information content (AvgIpc) is 2.51. The molecule has 0 aliphatic carbocycles. The molecule has 5 nitrogen and oxygen atoms in total. The molecule has 1 aliphatic heterocycles. The lowest BCUT2D eigenvalue weighted by Gasteiger charge is -2.21. The average molecular weight is 306 g/mol. The predicted molar refractivity (Wildman–Crippen MR) is 80.6 cm³/mol. The molecule has 0 spiro atoms. The molecule has 0 unspecified atom stereocenters. The largest absolute Gasteiger partial charge is 0.486 e. The Labute approximate surface area is 128 Å². The Morgan fingerprint density at radius 2 is 2.14 bits per heavy atom. The van der Waals surface area contributed by atoms with Crippen molar-refractivity contribution in [1.82, 2.24) is 4.90 Å². The Hall–Kier alpha value is -1.87. The van der Waals surface area contributed by atoms with E-state index in [0.29, 0.717) is 26.2 Å². The first kappa shape index (κ1) is 15.5. The van der Waals surface area contributed by atoms with Crippen LogP contribution in [0.4, 0.5) is 0 Å². The smallest absolute Gasteiger partial charge is 0.235 e. The number of nitriles is 1. The number of hydrogen-bond donors (Lipinski definition) is 0. The van der Waals surface area contributed by atoms with E-state index in [1.165, 1.54) is 11.8 Å². The highest BCUT2D eigenvalue weighted by molar-refractivity contribution is 8.00. The molecule has 1 atom stereocenters. The van der Waals surface area contributed by atoms with Gasteiger partial charge in [0.25, 0.3) is 0 Å². The highest BCUT2D eigenvalue weighted by atomic mass is 32.2. The molecule has 0 aromatic heterocycles. The van der Waals surface area contributed by atoms with Crippen molar-refractivity contribution in [3.8, 4) is 17.6 Å². The Bertz CT molecular complexity index is 556. The summed E-state index contributed by atoms with van der Waals surface area (Å²) in [5.41, 5.74) is 0. The molecule has 1 aromatic carbocycles. The molecular formula is C15H18N2O3S. The SMILES string of the molecule is C[C@H](Sc1ccc2c(c1)OCCO2)C(=O)N(C)CCC#N. The van der Waals surface area contributed by atoms with Crippen LogP contribution in [0.2, 0.25) is 0 Å². The summed E-state index contributed by atoms with van der Waals surface area (Å²) in [6.07, 6.45) is 0.351. The second-order valence-electron chi connectivity index (χ2n) is 4.73. The number of amides is 1. The minimum absolute atomic E-state index is 0.0186. The molecule has 1 aromatic rings. The van der Waals surface area contributed by atoms with E-state index < -0.39 is 0 Å². The normalized spacial score (nSPS) is 14.1. The van der Waals surface area contributed by atoms with Crippen LogP contribution in [-0.2, 0) is 4.79 Å². The number of nitrogens with zero attached hydrogens (tertiary/aromatic N) is 2. The lowest BCUT2D eigenvalue weighted by molar-refractivity contribution is -0.128. The summed E-state index contributed by atoms with van der Waals surface area (Å²) in [5.74, 6) is 1.49. The van der Waals surface area contributed by atoms with Crippen LogP contribution in [0.3, 0.4) is 0 Å². The molecule has 0 N–H and O–H groups in total. The first-order valence-electron chi connectivity index (χ1n) is 6.80. The van der Waals surface area contributed by atoms with Crippen LogP contribution in [0.15, 0.2) is 23.1 Å². The van der Waals surface area contributed by atoms with Gasteiger partial charge in [0.1, 0.15) is 13.2 Å². The Morgan fingerprint density at radius 1 is 1.43 bits per heavy atom. The molecule has 6 heteroatoms. The molecule has 0 saturated carbocycles. The third-order valence-corrected chi connectivity index (χ3v) is 4.19. The first-order chi connectivity index (χ1) is 10.1. The minimum Gasteiger partial charge on any atom is -0.486 e. The number of fused-ring (bicyclic) bond motifs is 1. The fraction of sp³-hybridized carbons (Fsp3) is 0.467. The minimum atomic E-state index is -0.212. The van der Waals surface area contributed by atoms with Crippen LogP contribution in [0.25, 0.3) is 0 Å². The summed E-state index contributed by atoms with van der Waals surface area (Å²) in [4.78, 5) is 14.7. The molecule has 112 valence electrons. The number of rotatable bonds is 5. The number of carbonyl (C=O) groups is 1. The molecule has 0 saturated heterocycles. The summed E-state index contributed by atoms with van der Waals surface area (Å²) in [6, 6.07) is 7.74. The number of benzene rings is 1. The number of hydrogen-bond acceptors (Lipinski definition) is 5. The van der Waals surface area contributed by atoms with Crippen LogP contribution in [0.1, 0.15) is 13.3 Å². The van der Waals surface area contributed by atoms with E-state index in [1.54, 1.807) is 11.9 Å². The van der Waals surface area contributed by atoms with E-state index in [1.807, 2.05) is 31.2 Å². The van der Waals surface area contributed by atoms with Crippen LogP contribution in [-0.4, -0.2) is 42.9 Å². The molecule has 1 aliphatic rings. The molecule has 0 radical (unpaired) electrons. The van der Waals surface area contributed by atoms with E-state index in [-0.39, 0.29) is 11.2 Å². The van der Waals surface area contributed by atoms with Crippen molar-refractivity contribution in [3.63, 3.8) is 0 Å². The van der Waals surface area contributed by atoms with Crippen LogP contribution >= 0.6 is 11.8 Å². The van der Waals surface area contributed by atoms with E-state index >= 15 is 0 Å².